The quantitative estimate of drug-likeness (QED) is 0.636. The van der Waals surface area contributed by atoms with Gasteiger partial charge >= 0.3 is 6.16 Å². The standard InChI is InChI=1S/C15H12N2O5/c18-13-5-6-14(19)17(13)22-15(20)21-9-10-7-8-16-12-4-2-1-3-11(10)12/h1-4,7-8H,5-6,9H2. The lowest BCUT2D eigenvalue weighted by molar-refractivity contribution is -0.177. The fourth-order valence-electron chi connectivity index (χ4n) is 2.18. The Morgan fingerprint density at radius 1 is 1.14 bits per heavy atom. The molecule has 0 unspecified atom stereocenters. The van der Waals surface area contributed by atoms with Crippen molar-refractivity contribution >= 4 is 28.9 Å². The van der Waals surface area contributed by atoms with Crippen LogP contribution < -0.4 is 0 Å². The third-order valence-corrected chi connectivity index (χ3v) is 3.26. The van der Waals surface area contributed by atoms with Crippen LogP contribution in [0.3, 0.4) is 0 Å². The largest absolute Gasteiger partial charge is 0.534 e. The second-order valence-electron chi connectivity index (χ2n) is 4.70. The molecule has 0 saturated carbocycles. The molecule has 0 spiro atoms. The van der Waals surface area contributed by atoms with Crippen LogP contribution in [0.2, 0.25) is 0 Å². The first kappa shape index (κ1) is 14.0. The molecule has 0 N–H and O–H groups in total. The summed E-state index contributed by atoms with van der Waals surface area (Å²) in [7, 11) is 0. The van der Waals surface area contributed by atoms with E-state index in [1.54, 1.807) is 12.3 Å². The van der Waals surface area contributed by atoms with Gasteiger partial charge in [0.2, 0.25) is 0 Å². The normalized spacial score (nSPS) is 14.5. The van der Waals surface area contributed by atoms with Gasteiger partial charge in [-0.3, -0.25) is 19.4 Å². The molecule has 2 amide bonds. The lowest BCUT2D eigenvalue weighted by Crippen LogP contribution is -2.32. The number of hydrogen-bond donors (Lipinski definition) is 0. The van der Waals surface area contributed by atoms with Gasteiger partial charge in [0.1, 0.15) is 6.61 Å². The first-order valence-electron chi connectivity index (χ1n) is 6.68. The van der Waals surface area contributed by atoms with Gasteiger partial charge in [-0.2, -0.15) is 0 Å². The summed E-state index contributed by atoms with van der Waals surface area (Å²) in [5, 5.41) is 1.30. The van der Waals surface area contributed by atoms with Crippen LogP contribution in [0.1, 0.15) is 18.4 Å². The zero-order valence-corrected chi connectivity index (χ0v) is 11.5. The number of imide groups is 1. The Kier molecular flexibility index (Phi) is 3.69. The summed E-state index contributed by atoms with van der Waals surface area (Å²) < 4.78 is 4.96. The lowest BCUT2D eigenvalue weighted by Gasteiger charge is -2.12. The van der Waals surface area contributed by atoms with Crippen molar-refractivity contribution in [2.24, 2.45) is 0 Å². The van der Waals surface area contributed by atoms with Gasteiger partial charge in [-0.15, -0.1) is 0 Å². The Hall–Kier alpha value is -2.96. The summed E-state index contributed by atoms with van der Waals surface area (Å²) in [4.78, 5) is 43.1. The molecular formula is C15H12N2O5. The van der Waals surface area contributed by atoms with Crippen LogP contribution in [0, 0.1) is 0 Å². The Bertz CT molecular complexity index is 737. The van der Waals surface area contributed by atoms with E-state index in [4.69, 9.17) is 4.74 Å². The maximum atomic E-state index is 11.6. The number of carbonyl (C=O) groups is 3. The minimum atomic E-state index is -1.09. The molecule has 1 aliphatic rings. The zero-order chi connectivity index (χ0) is 15.5. The average Bonchev–Trinajstić information content (AvgIpc) is 2.85. The summed E-state index contributed by atoms with van der Waals surface area (Å²) in [6, 6.07) is 9.15. The van der Waals surface area contributed by atoms with Gasteiger partial charge in [0.15, 0.2) is 0 Å². The smallest absolute Gasteiger partial charge is 0.428 e. The summed E-state index contributed by atoms with van der Waals surface area (Å²) in [5.41, 5.74) is 1.53. The molecule has 1 aromatic carbocycles. The minimum absolute atomic E-state index is 0.0428. The van der Waals surface area contributed by atoms with Crippen LogP contribution in [0.5, 0.6) is 0 Å². The number of hydrogen-bond acceptors (Lipinski definition) is 6. The van der Waals surface area contributed by atoms with Crippen molar-refractivity contribution in [2.45, 2.75) is 19.4 Å². The van der Waals surface area contributed by atoms with Crippen molar-refractivity contribution in [3.05, 3.63) is 42.1 Å². The molecule has 0 atom stereocenters. The van der Waals surface area contributed by atoms with Crippen molar-refractivity contribution < 1.29 is 24.0 Å². The van der Waals surface area contributed by atoms with Crippen LogP contribution in [-0.2, 0) is 25.8 Å². The molecule has 22 heavy (non-hydrogen) atoms. The van der Waals surface area contributed by atoms with Crippen molar-refractivity contribution in [3.8, 4) is 0 Å². The number of carbonyl (C=O) groups excluding carboxylic acids is 3. The van der Waals surface area contributed by atoms with Crippen molar-refractivity contribution in [3.63, 3.8) is 0 Å². The van der Waals surface area contributed by atoms with E-state index < -0.39 is 18.0 Å². The van der Waals surface area contributed by atoms with Crippen molar-refractivity contribution in [1.82, 2.24) is 10.0 Å². The molecule has 1 aromatic heterocycles. The van der Waals surface area contributed by atoms with Gasteiger partial charge in [-0.1, -0.05) is 23.3 Å². The molecule has 112 valence electrons. The number of aromatic nitrogens is 1. The Labute approximate surface area is 125 Å². The van der Waals surface area contributed by atoms with Gasteiger partial charge in [-0.05, 0) is 12.1 Å². The highest BCUT2D eigenvalue weighted by Gasteiger charge is 2.33. The average molecular weight is 300 g/mol. The van der Waals surface area contributed by atoms with Gasteiger partial charge in [0.25, 0.3) is 11.8 Å². The Balaban J connectivity index is 1.65. The van der Waals surface area contributed by atoms with Crippen LogP contribution >= 0.6 is 0 Å². The summed E-state index contributed by atoms with van der Waals surface area (Å²) >= 11 is 0. The Morgan fingerprint density at radius 3 is 2.64 bits per heavy atom. The molecule has 2 aromatic rings. The van der Waals surface area contributed by atoms with Crippen molar-refractivity contribution in [1.29, 1.82) is 0 Å². The highest BCUT2D eigenvalue weighted by atomic mass is 16.8. The molecule has 7 nitrogen and oxygen atoms in total. The summed E-state index contributed by atoms with van der Waals surface area (Å²) in [6.45, 7) is -0.0436. The van der Waals surface area contributed by atoms with E-state index in [1.807, 2.05) is 24.3 Å². The van der Waals surface area contributed by atoms with E-state index in [0.717, 1.165) is 16.5 Å². The zero-order valence-electron chi connectivity index (χ0n) is 11.5. The van der Waals surface area contributed by atoms with E-state index in [0.29, 0.717) is 5.06 Å². The summed E-state index contributed by atoms with van der Waals surface area (Å²) in [5.74, 6) is -1.09. The lowest BCUT2D eigenvalue weighted by atomic mass is 10.1. The highest BCUT2D eigenvalue weighted by molar-refractivity contribution is 6.01. The number of amides is 2. The van der Waals surface area contributed by atoms with Crippen LogP contribution in [0.25, 0.3) is 10.9 Å². The molecular weight excluding hydrogens is 288 g/mol. The predicted molar refractivity (Wildman–Crippen MR) is 74.1 cm³/mol. The first-order chi connectivity index (χ1) is 10.6. The predicted octanol–water partition coefficient (Wildman–Crippen LogP) is 1.95. The van der Waals surface area contributed by atoms with Gasteiger partial charge in [0.05, 0.1) is 5.52 Å². The molecule has 1 aliphatic heterocycles. The number of benzene rings is 1. The number of para-hydroxylation sites is 1. The molecule has 7 heteroatoms. The highest BCUT2D eigenvalue weighted by Crippen LogP contribution is 2.18. The number of fused-ring (bicyclic) bond motifs is 1. The van der Waals surface area contributed by atoms with Crippen molar-refractivity contribution in [2.75, 3.05) is 0 Å². The fourth-order valence-corrected chi connectivity index (χ4v) is 2.18. The topological polar surface area (TPSA) is 85.8 Å². The van der Waals surface area contributed by atoms with E-state index in [2.05, 4.69) is 9.82 Å². The maximum absolute atomic E-state index is 11.6. The molecule has 1 fully saturated rings. The minimum Gasteiger partial charge on any atom is -0.428 e. The van der Waals surface area contributed by atoms with Crippen LogP contribution in [0.4, 0.5) is 4.79 Å². The number of hydroxylamine groups is 2. The van der Waals surface area contributed by atoms with Gasteiger partial charge < -0.3 is 4.74 Å². The van der Waals surface area contributed by atoms with E-state index >= 15 is 0 Å². The van der Waals surface area contributed by atoms with E-state index in [9.17, 15) is 14.4 Å². The molecule has 2 heterocycles. The summed E-state index contributed by atoms with van der Waals surface area (Å²) in [6.07, 6.45) is 0.603. The first-order valence-corrected chi connectivity index (χ1v) is 6.68. The van der Waals surface area contributed by atoms with E-state index in [-0.39, 0.29) is 19.4 Å². The number of nitrogens with zero attached hydrogens (tertiary/aromatic N) is 2. The number of rotatable bonds is 3. The number of ether oxygens (including phenoxy) is 1. The van der Waals surface area contributed by atoms with Crippen LogP contribution in [0.15, 0.2) is 36.5 Å². The Morgan fingerprint density at radius 2 is 1.86 bits per heavy atom. The van der Waals surface area contributed by atoms with E-state index in [1.165, 1.54) is 0 Å². The van der Waals surface area contributed by atoms with Crippen LogP contribution in [-0.4, -0.2) is 28.0 Å². The second-order valence-corrected chi connectivity index (χ2v) is 4.70. The maximum Gasteiger partial charge on any atom is 0.534 e. The third-order valence-electron chi connectivity index (χ3n) is 3.26. The SMILES string of the molecule is O=C(OCc1ccnc2ccccc12)ON1C(=O)CCC1=O. The fraction of sp³-hybridized carbons (Fsp3) is 0.200. The molecule has 0 aliphatic carbocycles. The molecule has 3 rings (SSSR count). The number of pyridine rings is 1. The second kappa shape index (κ2) is 5.80. The molecule has 0 radical (unpaired) electrons. The van der Waals surface area contributed by atoms with Gasteiger partial charge in [0, 0.05) is 30.0 Å². The van der Waals surface area contributed by atoms with Gasteiger partial charge in [-0.25, -0.2) is 4.79 Å². The monoisotopic (exact) mass is 300 g/mol. The third kappa shape index (κ3) is 2.73. The molecule has 0 bridgehead atoms. The molecule has 1 saturated heterocycles.